The molecule has 0 unspecified atom stereocenters. The molecule has 114 valence electrons. The molecule has 0 atom stereocenters. The molecule has 1 amide bonds. The normalized spacial score (nSPS) is 10.1. The van der Waals surface area contributed by atoms with Gasteiger partial charge in [-0.15, -0.1) is 0 Å². The summed E-state index contributed by atoms with van der Waals surface area (Å²) < 4.78 is 0. The summed E-state index contributed by atoms with van der Waals surface area (Å²) in [5, 5.41) is 17.0. The lowest BCUT2D eigenvalue weighted by Gasteiger charge is -2.09. The number of hydrogen-bond acceptors (Lipinski definition) is 4. The fourth-order valence-corrected chi connectivity index (χ4v) is 2.10. The summed E-state index contributed by atoms with van der Waals surface area (Å²) in [5.74, 6) is -0.459. The summed E-state index contributed by atoms with van der Waals surface area (Å²) in [6.07, 6.45) is 0. The standard InChI is InChI=1S/C15H14ClN3O3/c1-2-17-13-8-7-10(9-14(13)19(21)22)15(20)18-12-6-4-3-5-11(12)16/h3-9,17H,2H2,1H3,(H,18,20). The van der Waals surface area contributed by atoms with Gasteiger partial charge in [0.1, 0.15) is 5.69 Å². The van der Waals surface area contributed by atoms with Crippen LogP contribution in [-0.2, 0) is 0 Å². The van der Waals surface area contributed by atoms with Crippen molar-refractivity contribution in [2.75, 3.05) is 17.2 Å². The third-order valence-corrected chi connectivity index (χ3v) is 3.28. The number of nitro groups is 1. The van der Waals surface area contributed by atoms with Crippen molar-refractivity contribution in [2.45, 2.75) is 6.92 Å². The van der Waals surface area contributed by atoms with Gasteiger partial charge in [-0.3, -0.25) is 14.9 Å². The fourth-order valence-electron chi connectivity index (χ4n) is 1.92. The predicted molar refractivity (Wildman–Crippen MR) is 86.7 cm³/mol. The van der Waals surface area contributed by atoms with Crippen molar-refractivity contribution >= 4 is 34.6 Å². The Bertz CT molecular complexity index is 719. The second-order valence-corrected chi connectivity index (χ2v) is 4.86. The first-order valence-corrected chi connectivity index (χ1v) is 6.99. The average molecular weight is 320 g/mol. The number of rotatable bonds is 5. The Morgan fingerprint density at radius 2 is 1.95 bits per heavy atom. The minimum atomic E-state index is -0.524. The van der Waals surface area contributed by atoms with Gasteiger partial charge in [0.05, 0.1) is 15.6 Å². The number of hydrogen-bond donors (Lipinski definition) is 2. The Kier molecular flexibility index (Phi) is 4.95. The van der Waals surface area contributed by atoms with Crippen LogP contribution in [0, 0.1) is 10.1 Å². The Hall–Kier alpha value is -2.60. The van der Waals surface area contributed by atoms with Crippen molar-refractivity contribution in [3.63, 3.8) is 0 Å². The Balaban J connectivity index is 2.28. The van der Waals surface area contributed by atoms with Crippen LogP contribution >= 0.6 is 11.6 Å². The van der Waals surface area contributed by atoms with Gasteiger partial charge in [0.2, 0.25) is 0 Å². The van der Waals surface area contributed by atoms with E-state index in [9.17, 15) is 14.9 Å². The molecule has 22 heavy (non-hydrogen) atoms. The van der Waals surface area contributed by atoms with Crippen LogP contribution in [0.5, 0.6) is 0 Å². The first kappa shape index (κ1) is 15.8. The molecule has 7 heteroatoms. The molecular weight excluding hydrogens is 306 g/mol. The first-order valence-electron chi connectivity index (χ1n) is 6.61. The number of nitrogens with zero attached hydrogens (tertiary/aromatic N) is 1. The van der Waals surface area contributed by atoms with E-state index in [0.29, 0.717) is 22.9 Å². The van der Waals surface area contributed by atoms with Crippen LogP contribution in [0.15, 0.2) is 42.5 Å². The quantitative estimate of drug-likeness (QED) is 0.646. The zero-order chi connectivity index (χ0) is 16.1. The summed E-state index contributed by atoms with van der Waals surface area (Å²) in [5.41, 5.74) is 0.872. The zero-order valence-corrected chi connectivity index (χ0v) is 12.6. The van der Waals surface area contributed by atoms with E-state index >= 15 is 0 Å². The summed E-state index contributed by atoms with van der Waals surface area (Å²) in [6.45, 7) is 2.38. The van der Waals surface area contributed by atoms with Crippen LogP contribution in [0.1, 0.15) is 17.3 Å². The molecular formula is C15H14ClN3O3. The third-order valence-electron chi connectivity index (χ3n) is 2.95. The van der Waals surface area contributed by atoms with Crippen molar-refractivity contribution in [1.82, 2.24) is 0 Å². The molecule has 0 aliphatic heterocycles. The number of nitrogens with one attached hydrogen (secondary N) is 2. The molecule has 0 aromatic heterocycles. The monoisotopic (exact) mass is 319 g/mol. The Morgan fingerprint density at radius 3 is 2.59 bits per heavy atom. The molecule has 6 nitrogen and oxygen atoms in total. The lowest BCUT2D eigenvalue weighted by atomic mass is 10.1. The van der Waals surface area contributed by atoms with E-state index in [-0.39, 0.29) is 11.3 Å². The third kappa shape index (κ3) is 3.53. The van der Waals surface area contributed by atoms with Gasteiger partial charge in [-0.1, -0.05) is 23.7 Å². The second-order valence-electron chi connectivity index (χ2n) is 4.45. The first-order chi connectivity index (χ1) is 10.5. The maximum atomic E-state index is 12.2. The molecule has 0 radical (unpaired) electrons. The number of carbonyl (C=O) groups is 1. The molecule has 0 spiro atoms. The smallest absolute Gasteiger partial charge is 0.293 e. The number of carbonyl (C=O) groups excluding carboxylic acids is 1. The van der Waals surface area contributed by atoms with Crippen molar-refractivity contribution in [1.29, 1.82) is 0 Å². The van der Waals surface area contributed by atoms with Gasteiger partial charge in [-0.05, 0) is 31.2 Å². The molecule has 0 fully saturated rings. The number of amides is 1. The van der Waals surface area contributed by atoms with Crippen molar-refractivity contribution in [2.24, 2.45) is 0 Å². The highest BCUT2D eigenvalue weighted by Crippen LogP contribution is 2.27. The van der Waals surface area contributed by atoms with Crippen molar-refractivity contribution in [3.05, 3.63) is 63.2 Å². The van der Waals surface area contributed by atoms with E-state index in [1.165, 1.54) is 18.2 Å². The van der Waals surface area contributed by atoms with Crippen LogP contribution in [0.3, 0.4) is 0 Å². The van der Waals surface area contributed by atoms with E-state index in [4.69, 9.17) is 11.6 Å². The maximum absolute atomic E-state index is 12.2. The van der Waals surface area contributed by atoms with E-state index in [1.807, 2.05) is 6.92 Å². The van der Waals surface area contributed by atoms with Gasteiger partial charge < -0.3 is 10.6 Å². The predicted octanol–water partition coefficient (Wildman–Crippen LogP) is 3.93. The van der Waals surface area contributed by atoms with E-state index in [0.717, 1.165) is 0 Å². The number of nitro benzene ring substituents is 1. The SMILES string of the molecule is CCNc1ccc(C(=O)Nc2ccccc2Cl)cc1[N+](=O)[O-]. The highest BCUT2D eigenvalue weighted by molar-refractivity contribution is 6.33. The highest BCUT2D eigenvalue weighted by Gasteiger charge is 2.17. The molecule has 0 aliphatic carbocycles. The molecule has 2 rings (SSSR count). The molecule has 0 heterocycles. The summed E-state index contributed by atoms with van der Waals surface area (Å²) in [6, 6.07) is 11.1. The minimum Gasteiger partial charge on any atom is -0.380 e. The lowest BCUT2D eigenvalue weighted by Crippen LogP contribution is -2.13. The van der Waals surface area contributed by atoms with Crippen molar-refractivity contribution < 1.29 is 9.72 Å². The number of halogens is 1. The van der Waals surface area contributed by atoms with E-state index in [1.54, 1.807) is 24.3 Å². The van der Waals surface area contributed by atoms with Crippen LogP contribution < -0.4 is 10.6 Å². The zero-order valence-electron chi connectivity index (χ0n) is 11.8. The van der Waals surface area contributed by atoms with Gasteiger partial charge in [-0.2, -0.15) is 0 Å². The Morgan fingerprint density at radius 1 is 1.23 bits per heavy atom. The highest BCUT2D eigenvalue weighted by atomic mass is 35.5. The van der Waals surface area contributed by atoms with Crippen molar-refractivity contribution in [3.8, 4) is 0 Å². The van der Waals surface area contributed by atoms with Gasteiger partial charge in [-0.25, -0.2) is 0 Å². The second kappa shape index (κ2) is 6.91. The van der Waals surface area contributed by atoms with Gasteiger partial charge in [0.15, 0.2) is 0 Å². The van der Waals surface area contributed by atoms with E-state index < -0.39 is 10.8 Å². The number of para-hydroxylation sites is 1. The molecule has 2 aromatic rings. The van der Waals surface area contributed by atoms with Crippen LogP contribution in [0.4, 0.5) is 17.1 Å². The van der Waals surface area contributed by atoms with Gasteiger partial charge in [0, 0.05) is 18.2 Å². The summed E-state index contributed by atoms with van der Waals surface area (Å²) >= 11 is 5.97. The molecule has 0 saturated heterocycles. The minimum absolute atomic E-state index is 0.145. The Labute approximate surface area is 132 Å². The maximum Gasteiger partial charge on any atom is 0.293 e. The number of benzene rings is 2. The van der Waals surface area contributed by atoms with Gasteiger partial charge >= 0.3 is 0 Å². The van der Waals surface area contributed by atoms with E-state index in [2.05, 4.69) is 10.6 Å². The van der Waals surface area contributed by atoms with Crippen LogP contribution in [0.25, 0.3) is 0 Å². The fraction of sp³-hybridized carbons (Fsp3) is 0.133. The summed E-state index contributed by atoms with van der Waals surface area (Å²) in [4.78, 5) is 22.8. The van der Waals surface area contributed by atoms with Gasteiger partial charge in [0.25, 0.3) is 11.6 Å². The summed E-state index contributed by atoms with van der Waals surface area (Å²) in [7, 11) is 0. The molecule has 0 bridgehead atoms. The lowest BCUT2D eigenvalue weighted by molar-refractivity contribution is -0.384. The molecule has 0 saturated carbocycles. The molecule has 2 N–H and O–H groups in total. The number of anilines is 2. The van der Waals surface area contributed by atoms with Crippen LogP contribution in [-0.4, -0.2) is 17.4 Å². The van der Waals surface area contributed by atoms with Crippen LogP contribution in [0.2, 0.25) is 5.02 Å². The molecule has 2 aromatic carbocycles. The topological polar surface area (TPSA) is 84.3 Å². The molecule has 0 aliphatic rings. The largest absolute Gasteiger partial charge is 0.380 e. The average Bonchev–Trinajstić information content (AvgIpc) is 2.50.